The van der Waals surface area contributed by atoms with Gasteiger partial charge in [-0.25, -0.2) is 9.97 Å². The molecule has 19 heavy (non-hydrogen) atoms. The smallest absolute Gasteiger partial charge is 0.225 e. The molecule has 2 aromatic heterocycles. The summed E-state index contributed by atoms with van der Waals surface area (Å²) < 4.78 is 0. The quantitative estimate of drug-likeness (QED) is 0.880. The molecule has 0 amide bonds. The molecule has 100 valence electrons. The van der Waals surface area contributed by atoms with Crippen LogP contribution in [0.15, 0.2) is 30.6 Å². The minimum Gasteiger partial charge on any atom is -0.338 e. The van der Waals surface area contributed by atoms with Crippen LogP contribution in [0.1, 0.15) is 17.0 Å². The Morgan fingerprint density at radius 3 is 2.58 bits per heavy atom. The third-order valence-corrected chi connectivity index (χ3v) is 2.76. The Morgan fingerprint density at radius 1 is 1.21 bits per heavy atom. The van der Waals surface area contributed by atoms with E-state index >= 15 is 0 Å². The number of aromatic nitrogens is 3. The van der Waals surface area contributed by atoms with Crippen molar-refractivity contribution < 1.29 is 0 Å². The van der Waals surface area contributed by atoms with E-state index in [2.05, 4.69) is 20.3 Å². The van der Waals surface area contributed by atoms with Crippen molar-refractivity contribution in [3.8, 4) is 0 Å². The van der Waals surface area contributed by atoms with Gasteiger partial charge < -0.3 is 10.2 Å². The van der Waals surface area contributed by atoms with E-state index < -0.39 is 0 Å². The summed E-state index contributed by atoms with van der Waals surface area (Å²) in [4.78, 5) is 15.2. The average molecular weight is 257 g/mol. The van der Waals surface area contributed by atoms with Gasteiger partial charge in [0.15, 0.2) is 0 Å². The molecule has 0 unspecified atom stereocenters. The Hall–Kier alpha value is -2.01. The predicted octanol–water partition coefficient (Wildman–Crippen LogP) is 1.54. The highest BCUT2D eigenvalue weighted by Gasteiger charge is 2.06. The van der Waals surface area contributed by atoms with Gasteiger partial charge in [0.2, 0.25) is 5.95 Å². The molecule has 0 saturated carbocycles. The Bertz CT molecular complexity index is 524. The lowest BCUT2D eigenvalue weighted by Gasteiger charge is -2.16. The maximum Gasteiger partial charge on any atom is 0.225 e. The van der Waals surface area contributed by atoms with Crippen LogP contribution in [0.5, 0.6) is 0 Å². The van der Waals surface area contributed by atoms with Gasteiger partial charge in [0.1, 0.15) is 0 Å². The first kappa shape index (κ1) is 13.4. The van der Waals surface area contributed by atoms with Gasteiger partial charge in [-0.05, 0) is 26.1 Å². The second-order valence-electron chi connectivity index (χ2n) is 4.55. The van der Waals surface area contributed by atoms with Gasteiger partial charge in [-0.1, -0.05) is 6.07 Å². The van der Waals surface area contributed by atoms with Crippen LogP contribution in [-0.4, -0.2) is 29.0 Å². The van der Waals surface area contributed by atoms with Gasteiger partial charge in [0.25, 0.3) is 0 Å². The normalized spacial score (nSPS) is 10.5. The van der Waals surface area contributed by atoms with E-state index in [0.29, 0.717) is 12.5 Å². The molecule has 0 saturated heterocycles. The van der Waals surface area contributed by atoms with E-state index in [9.17, 15) is 0 Å². The second kappa shape index (κ2) is 6.24. The summed E-state index contributed by atoms with van der Waals surface area (Å²) >= 11 is 0. The fourth-order valence-corrected chi connectivity index (χ4v) is 1.84. The minimum atomic E-state index is 0.701. The van der Waals surface area contributed by atoms with Gasteiger partial charge in [-0.2, -0.15) is 0 Å². The lowest BCUT2D eigenvalue weighted by molar-refractivity contribution is 0.792. The first-order chi connectivity index (χ1) is 9.19. The largest absolute Gasteiger partial charge is 0.338 e. The van der Waals surface area contributed by atoms with E-state index in [1.807, 2.05) is 56.5 Å². The van der Waals surface area contributed by atoms with E-state index in [4.69, 9.17) is 0 Å². The SMILES string of the molecule is CNCc1cnc(N(C)Cc2cccc(C)n2)nc1. The first-order valence-electron chi connectivity index (χ1n) is 6.28. The monoisotopic (exact) mass is 257 g/mol. The number of pyridine rings is 1. The zero-order chi connectivity index (χ0) is 13.7. The lowest BCUT2D eigenvalue weighted by atomic mass is 10.3. The lowest BCUT2D eigenvalue weighted by Crippen LogP contribution is -2.20. The van der Waals surface area contributed by atoms with Crippen LogP contribution in [0.2, 0.25) is 0 Å². The highest BCUT2D eigenvalue weighted by atomic mass is 15.2. The van der Waals surface area contributed by atoms with Crippen LogP contribution in [0.3, 0.4) is 0 Å². The maximum atomic E-state index is 4.48. The number of anilines is 1. The van der Waals surface area contributed by atoms with Crippen LogP contribution >= 0.6 is 0 Å². The van der Waals surface area contributed by atoms with Crippen LogP contribution < -0.4 is 10.2 Å². The second-order valence-corrected chi connectivity index (χ2v) is 4.55. The fourth-order valence-electron chi connectivity index (χ4n) is 1.84. The van der Waals surface area contributed by atoms with Gasteiger partial charge in [0, 0.05) is 37.2 Å². The van der Waals surface area contributed by atoms with Crippen molar-refractivity contribution in [3.05, 3.63) is 47.5 Å². The average Bonchev–Trinajstić information content (AvgIpc) is 2.40. The van der Waals surface area contributed by atoms with Gasteiger partial charge in [-0.3, -0.25) is 4.98 Å². The van der Waals surface area contributed by atoms with Crippen molar-refractivity contribution in [2.75, 3.05) is 19.0 Å². The van der Waals surface area contributed by atoms with Crippen LogP contribution in [-0.2, 0) is 13.1 Å². The fraction of sp³-hybridized carbons (Fsp3) is 0.357. The number of hydrogen-bond acceptors (Lipinski definition) is 5. The van der Waals surface area contributed by atoms with Gasteiger partial charge in [0.05, 0.1) is 12.2 Å². The number of hydrogen-bond donors (Lipinski definition) is 1. The van der Waals surface area contributed by atoms with Crippen molar-refractivity contribution in [2.24, 2.45) is 0 Å². The molecular formula is C14H19N5. The van der Waals surface area contributed by atoms with Crippen LogP contribution in [0, 0.1) is 6.92 Å². The van der Waals surface area contributed by atoms with Crippen LogP contribution in [0.25, 0.3) is 0 Å². The molecule has 2 rings (SSSR count). The highest BCUT2D eigenvalue weighted by molar-refractivity contribution is 5.29. The molecule has 0 aliphatic rings. The van der Waals surface area contributed by atoms with E-state index in [1.54, 1.807) is 0 Å². The van der Waals surface area contributed by atoms with E-state index in [0.717, 1.165) is 23.5 Å². The van der Waals surface area contributed by atoms with E-state index in [1.165, 1.54) is 0 Å². The molecule has 1 N–H and O–H groups in total. The molecule has 2 heterocycles. The van der Waals surface area contributed by atoms with E-state index in [-0.39, 0.29) is 0 Å². The standard InChI is InChI=1S/C14H19N5/c1-11-5-4-6-13(18-11)10-19(3)14-16-8-12(7-15-2)9-17-14/h4-6,8-9,15H,7,10H2,1-3H3. The van der Waals surface area contributed by atoms with Gasteiger partial charge >= 0.3 is 0 Å². The molecule has 0 radical (unpaired) electrons. The molecule has 0 spiro atoms. The summed E-state index contributed by atoms with van der Waals surface area (Å²) in [6.07, 6.45) is 3.69. The third-order valence-electron chi connectivity index (χ3n) is 2.76. The molecule has 0 atom stereocenters. The molecule has 0 aliphatic carbocycles. The molecule has 0 bridgehead atoms. The molecular weight excluding hydrogens is 238 g/mol. The third kappa shape index (κ3) is 3.72. The van der Waals surface area contributed by atoms with Crippen molar-refractivity contribution >= 4 is 5.95 Å². The highest BCUT2D eigenvalue weighted by Crippen LogP contribution is 2.09. The zero-order valence-corrected chi connectivity index (χ0v) is 11.6. The zero-order valence-electron chi connectivity index (χ0n) is 11.6. The minimum absolute atomic E-state index is 0.701. The van der Waals surface area contributed by atoms with Crippen molar-refractivity contribution in [2.45, 2.75) is 20.0 Å². The summed E-state index contributed by atoms with van der Waals surface area (Å²) in [5.74, 6) is 0.711. The summed E-state index contributed by atoms with van der Waals surface area (Å²) in [7, 11) is 3.88. The molecule has 2 aromatic rings. The summed E-state index contributed by atoms with van der Waals surface area (Å²) in [6.45, 7) is 3.48. The Kier molecular flexibility index (Phi) is 4.41. The molecule has 0 fully saturated rings. The predicted molar refractivity (Wildman–Crippen MR) is 75.9 cm³/mol. The molecule has 0 aromatic carbocycles. The summed E-state index contributed by atoms with van der Waals surface area (Å²) in [5.41, 5.74) is 3.12. The van der Waals surface area contributed by atoms with Gasteiger partial charge in [-0.15, -0.1) is 0 Å². The van der Waals surface area contributed by atoms with Crippen molar-refractivity contribution in [3.63, 3.8) is 0 Å². The number of rotatable bonds is 5. The summed E-state index contributed by atoms with van der Waals surface area (Å²) in [5, 5.41) is 3.08. The first-order valence-corrected chi connectivity index (χ1v) is 6.28. The number of nitrogens with one attached hydrogen (secondary N) is 1. The Balaban J connectivity index is 2.05. The molecule has 0 aliphatic heterocycles. The Labute approximate surface area is 113 Å². The van der Waals surface area contributed by atoms with Crippen LogP contribution in [0.4, 0.5) is 5.95 Å². The summed E-state index contributed by atoms with van der Waals surface area (Å²) in [6, 6.07) is 6.02. The molecule has 5 heteroatoms. The number of nitrogens with zero attached hydrogens (tertiary/aromatic N) is 4. The molecule has 5 nitrogen and oxygen atoms in total. The number of aryl methyl sites for hydroxylation is 1. The Morgan fingerprint density at radius 2 is 1.95 bits per heavy atom. The van der Waals surface area contributed by atoms with Crippen molar-refractivity contribution in [1.82, 2.24) is 20.3 Å². The van der Waals surface area contributed by atoms with Crippen molar-refractivity contribution in [1.29, 1.82) is 0 Å². The topological polar surface area (TPSA) is 53.9 Å². The maximum absolute atomic E-state index is 4.48.